The average Bonchev–Trinajstić information content (AvgIpc) is 2.47. The largest absolute Gasteiger partial charge is 0.480 e. The van der Waals surface area contributed by atoms with E-state index in [1.54, 1.807) is 13.0 Å². The van der Waals surface area contributed by atoms with E-state index in [4.69, 9.17) is 0 Å². The first-order chi connectivity index (χ1) is 10.7. The molecular weight excluding hydrogens is 318 g/mol. The van der Waals surface area contributed by atoms with E-state index in [9.17, 15) is 23.1 Å². The highest BCUT2D eigenvalue weighted by Crippen LogP contribution is 2.23. The van der Waals surface area contributed by atoms with Crippen molar-refractivity contribution in [3.05, 3.63) is 59.4 Å². The highest BCUT2D eigenvalue weighted by Gasteiger charge is 2.29. The number of Topliss-reactive ketones (excluding diaryl/α,β-unsaturated/α-hetero) is 1. The summed E-state index contributed by atoms with van der Waals surface area (Å²) in [6, 6.07) is 8.41. The van der Waals surface area contributed by atoms with Crippen LogP contribution in [-0.2, 0) is 14.6 Å². The number of aliphatic carboxylic acids is 1. The van der Waals surface area contributed by atoms with Crippen molar-refractivity contribution < 1.29 is 23.1 Å². The molecule has 1 heterocycles. The molecule has 7 heteroatoms. The molecule has 2 aromatic rings. The molecule has 0 bridgehead atoms. The Morgan fingerprint density at radius 2 is 1.70 bits per heavy atom. The number of carbonyl (C=O) groups excluding carboxylic acids is 1. The molecule has 2 rings (SSSR count). The number of sulfone groups is 1. The maximum absolute atomic E-state index is 12.4. The Morgan fingerprint density at radius 1 is 1.09 bits per heavy atom. The predicted octanol–water partition coefficient (Wildman–Crippen LogP) is 1.84. The van der Waals surface area contributed by atoms with Crippen molar-refractivity contribution in [3.8, 4) is 0 Å². The van der Waals surface area contributed by atoms with Gasteiger partial charge in [0.2, 0.25) is 0 Å². The van der Waals surface area contributed by atoms with Gasteiger partial charge < -0.3 is 5.11 Å². The Hall–Kier alpha value is -2.54. The zero-order chi connectivity index (χ0) is 17.2. The molecule has 0 saturated heterocycles. The highest BCUT2D eigenvalue weighted by molar-refractivity contribution is 7.90. The van der Waals surface area contributed by atoms with E-state index in [0.29, 0.717) is 5.69 Å². The van der Waals surface area contributed by atoms with Gasteiger partial charge in [-0.25, -0.2) is 8.42 Å². The number of carboxylic acid groups (broad SMARTS) is 1. The topological polar surface area (TPSA) is 101 Å². The number of hydrogen-bond acceptors (Lipinski definition) is 5. The van der Waals surface area contributed by atoms with Crippen LogP contribution in [0.5, 0.6) is 0 Å². The highest BCUT2D eigenvalue weighted by atomic mass is 32.2. The van der Waals surface area contributed by atoms with Crippen LogP contribution < -0.4 is 0 Å². The Labute approximate surface area is 133 Å². The summed E-state index contributed by atoms with van der Waals surface area (Å²) in [5.41, 5.74) is 1.12. The van der Waals surface area contributed by atoms with Crippen molar-refractivity contribution in [1.82, 2.24) is 4.98 Å². The summed E-state index contributed by atoms with van der Waals surface area (Å²) in [6.45, 7) is 1.76. The lowest BCUT2D eigenvalue weighted by atomic mass is 9.91. The van der Waals surface area contributed by atoms with E-state index < -0.39 is 27.5 Å². The van der Waals surface area contributed by atoms with Crippen molar-refractivity contribution in [2.75, 3.05) is 6.26 Å². The second-order valence-corrected chi connectivity index (χ2v) is 7.18. The lowest BCUT2D eigenvalue weighted by Crippen LogP contribution is -2.22. The number of ketones is 1. The zero-order valence-corrected chi connectivity index (χ0v) is 13.4. The number of benzene rings is 1. The minimum atomic E-state index is -3.39. The normalized spacial score (nSPS) is 12.6. The van der Waals surface area contributed by atoms with Crippen molar-refractivity contribution in [1.29, 1.82) is 0 Å². The van der Waals surface area contributed by atoms with Crippen LogP contribution in [0.4, 0.5) is 0 Å². The third kappa shape index (κ3) is 3.81. The molecule has 6 nitrogen and oxygen atoms in total. The Bertz CT molecular complexity index is 839. The number of carboxylic acids is 1. The van der Waals surface area contributed by atoms with Gasteiger partial charge in [-0.2, -0.15) is 0 Å². The number of aromatic nitrogens is 1. The van der Waals surface area contributed by atoms with Crippen LogP contribution in [0.1, 0.15) is 27.5 Å². The van der Waals surface area contributed by atoms with Gasteiger partial charge in [0.05, 0.1) is 4.90 Å². The molecular formula is C16H15NO5S. The number of pyridine rings is 1. The van der Waals surface area contributed by atoms with Gasteiger partial charge in [-0.05, 0) is 36.8 Å². The molecule has 1 aromatic heterocycles. The number of aryl methyl sites for hydroxylation is 1. The van der Waals surface area contributed by atoms with Crippen molar-refractivity contribution in [2.45, 2.75) is 17.7 Å². The minimum Gasteiger partial charge on any atom is -0.480 e. The number of nitrogens with zero attached hydrogens (tertiary/aromatic N) is 1. The first kappa shape index (κ1) is 16.8. The molecule has 0 saturated carbocycles. The molecule has 0 aliphatic heterocycles. The quantitative estimate of drug-likeness (QED) is 0.662. The molecule has 0 fully saturated rings. The van der Waals surface area contributed by atoms with E-state index in [2.05, 4.69) is 4.98 Å². The molecule has 1 unspecified atom stereocenters. The predicted molar refractivity (Wildman–Crippen MR) is 83.2 cm³/mol. The van der Waals surface area contributed by atoms with Crippen LogP contribution in [0.15, 0.2) is 47.5 Å². The molecule has 0 spiro atoms. The third-order valence-electron chi connectivity index (χ3n) is 3.35. The average molecular weight is 333 g/mol. The molecule has 0 radical (unpaired) electrons. The fourth-order valence-corrected chi connectivity index (χ4v) is 2.72. The Morgan fingerprint density at radius 3 is 2.13 bits per heavy atom. The van der Waals surface area contributed by atoms with Crippen LogP contribution in [-0.4, -0.2) is 36.5 Å². The maximum atomic E-state index is 12.4. The van der Waals surface area contributed by atoms with Crippen molar-refractivity contribution in [2.24, 2.45) is 0 Å². The van der Waals surface area contributed by atoms with Gasteiger partial charge >= 0.3 is 5.97 Å². The van der Waals surface area contributed by atoms with Crippen molar-refractivity contribution >= 4 is 21.6 Å². The van der Waals surface area contributed by atoms with Crippen LogP contribution in [0, 0.1) is 6.92 Å². The number of hydrogen-bond donors (Lipinski definition) is 1. The molecule has 0 aliphatic rings. The third-order valence-corrected chi connectivity index (χ3v) is 4.48. The number of rotatable bonds is 5. The summed E-state index contributed by atoms with van der Waals surface area (Å²) >= 11 is 0. The van der Waals surface area contributed by atoms with Crippen LogP contribution in [0.2, 0.25) is 0 Å². The Kier molecular flexibility index (Phi) is 4.60. The van der Waals surface area contributed by atoms with Gasteiger partial charge in [-0.1, -0.05) is 12.1 Å². The maximum Gasteiger partial charge on any atom is 0.318 e. The number of carbonyl (C=O) groups is 2. The van der Waals surface area contributed by atoms with Crippen LogP contribution >= 0.6 is 0 Å². The first-order valence-corrected chi connectivity index (χ1v) is 8.59. The molecule has 1 N–H and O–H groups in total. The summed E-state index contributed by atoms with van der Waals surface area (Å²) in [6.07, 6.45) is 2.39. The SMILES string of the molecule is Cc1ccc(C(=O)C(C(=O)O)c2ccc(S(C)(=O)=O)cc2)cn1. The minimum absolute atomic E-state index is 0.0647. The van der Waals surface area contributed by atoms with Crippen LogP contribution in [0.25, 0.3) is 0 Å². The van der Waals surface area contributed by atoms with Gasteiger partial charge in [-0.3, -0.25) is 14.6 Å². The zero-order valence-electron chi connectivity index (χ0n) is 12.6. The monoisotopic (exact) mass is 333 g/mol. The van der Waals surface area contributed by atoms with E-state index in [0.717, 1.165) is 6.26 Å². The molecule has 23 heavy (non-hydrogen) atoms. The van der Waals surface area contributed by atoms with Gasteiger partial charge in [0.1, 0.15) is 5.92 Å². The summed E-state index contributed by atoms with van der Waals surface area (Å²) < 4.78 is 22.9. The molecule has 1 atom stereocenters. The van der Waals surface area contributed by atoms with Gasteiger partial charge in [0.15, 0.2) is 15.6 Å². The van der Waals surface area contributed by atoms with Gasteiger partial charge in [-0.15, -0.1) is 0 Å². The molecule has 0 amide bonds. The first-order valence-electron chi connectivity index (χ1n) is 6.70. The lowest BCUT2D eigenvalue weighted by Gasteiger charge is -2.12. The van der Waals surface area contributed by atoms with Gasteiger partial charge in [0.25, 0.3) is 0 Å². The van der Waals surface area contributed by atoms with E-state index in [-0.39, 0.29) is 16.0 Å². The fourth-order valence-electron chi connectivity index (χ4n) is 2.09. The standard InChI is InChI=1S/C16H15NO5S/c1-10-3-4-12(9-17-10)15(18)14(16(19)20)11-5-7-13(8-6-11)23(2,21)22/h3-9,14H,1-2H3,(H,19,20). The molecule has 0 aliphatic carbocycles. The van der Waals surface area contributed by atoms with E-state index >= 15 is 0 Å². The van der Waals surface area contributed by atoms with Crippen molar-refractivity contribution in [3.63, 3.8) is 0 Å². The van der Waals surface area contributed by atoms with E-state index in [1.807, 2.05) is 0 Å². The summed E-state index contributed by atoms with van der Waals surface area (Å²) in [5, 5.41) is 9.38. The molecule has 1 aromatic carbocycles. The second kappa shape index (κ2) is 6.29. The molecule has 120 valence electrons. The summed E-state index contributed by atoms with van der Waals surface area (Å²) in [7, 11) is -3.39. The van der Waals surface area contributed by atoms with E-state index in [1.165, 1.54) is 36.5 Å². The smallest absolute Gasteiger partial charge is 0.318 e. The lowest BCUT2D eigenvalue weighted by molar-refractivity contribution is -0.137. The summed E-state index contributed by atoms with van der Waals surface area (Å²) in [5.74, 6) is -3.31. The Balaban J connectivity index is 2.40. The fraction of sp³-hybridized carbons (Fsp3) is 0.188. The van der Waals surface area contributed by atoms with Crippen LogP contribution in [0.3, 0.4) is 0 Å². The summed E-state index contributed by atoms with van der Waals surface area (Å²) in [4.78, 5) is 28.0. The van der Waals surface area contributed by atoms with Gasteiger partial charge in [0, 0.05) is 23.7 Å². The second-order valence-electron chi connectivity index (χ2n) is 5.16.